The van der Waals surface area contributed by atoms with Crippen molar-refractivity contribution < 1.29 is 23.8 Å². The highest BCUT2D eigenvalue weighted by molar-refractivity contribution is 5.89. The highest BCUT2D eigenvalue weighted by atomic mass is 16.5. The molecule has 1 aromatic carbocycles. The molecule has 10 heteroatoms. The van der Waals surface area contributed by atoms with Crippen molar-refractivity contribution in [2.24, 2.45) is 5.10 Å². The van der Waals surface area contributed by atoms with Crippen LogP contribution in [0.2, 0.25) is 0 Å². The van der Waals surface area contributed by atoms with E-state index >= 15 is 0 Å². The molecule has 2 N–H and O–H groups in total. The molecule has 0 aliphatic heterocycles. The average molecular weight is 462 g/mol. The number of amides is 1. The summed E-state index contributed by atoms with van der Waals surface area (Å²) in [6.45, 7) is 3.28. The molecule has 0 bridgehead atoms. The molecule has 0 aliphatic rings. The topological polar surface area (TPSA) is 147 Å². The van der Waals surface area contributed by atoms with Gasteiger partial charge in [-0.1, -0.05) is 6.07 Å². The van der Waals surface area contributed by atoms with Crippen LogP contribution in [0.25, 0.3) is 11.3 Å². The second kappa shape index (κ2) is 10.4. The minimum Gasteiger partial charge on any atom is -0.478 e. The predicted molar refractivity (Wildman–Crippen MR) is 122 cm³/mol. The fourth-order valence-electron chi connectivity index (χ4n) is 3.35. The normalized spacial score (nSPS) is 10.9. The van der Waals surface area contributed by atoms with Gasteiger partial charge in [0.2, 0.25) is 0 Å². The highest BCUT2D eigenvalue weighted by Gasteiger charge is 2.15. The Labute approximate surface area is 194 Å². The van der Waals surface area contributed by atoms with Crippen molar-refractivity contribution >= 4 is 18.1 Å². The molecule has 0 radical (unpaired) electrons. The van der Waals surface area contributed by atoms with E-state index in [0.29, 0.717) is 28.3 Å². The van der Waals surface area contributed by atoms with E-state index in [1.807, 2.05) is 13.0 Å². The first-order valence-electron chi connectivity index (χ1n) is 10.1. The first-order chi connectivity index (χ1) is 16.2. The number of benzene rings is 1. The summed E-state index contributed by atoms with van der Waals surface area (Å²) in [5.41, 5.74) is 4.23. The summed E-state index contributed by atoms with van der Waals surface area (Å²) in [5, 5.41) is 22.3. The molecule has 0 spiro atoms. The summed E-state index contributed by atoms with van der Waals surface area (Å²) >= 11 is 0. The molecule has 0 saturated heterocycles. The van der Waals surface area contributed by atoms with Crippen LogP contribution in [0.15, 0.2) is 50.7 Å². The van der Waals surface area contributed by atoms with Crippen molar-refractivity contribution in [1.82, 2.24) is 9.99 Å². The molecule has 0 unspecified atom stereocenters. The number of nitrogens with zero attached hydrogens (tertiary/aromatic N) is 3. The van der Waals surface area contributed by atoms with Gasteiger partial charge in [0, 0.05) is 23.9 Å². The van der Waals surface area contributed by atoms with Crippen molar-refractivity contribution in [2.75, 3.05) is 7.11 Å². The number of nitriles is 1. The number of ether oxygens (including phenoxy) is 1. The molecule has 2 heterocycles. The Bertz CT molecular complexity index is 1380. The molecule has 0 aliphatic carbocycles. The molecule has 0 fully saturated rings. The molecule has 1 amide bonds. The molecule has 2 aromatic heterocycles. The lowest BCUT2D eigenvalue weighted by Gasteiger charge is -2.12. The Morgan fingerprint density at radius 2 is 2.03 bits per heavy atom. The minimum atomic E-state index is -1.04. The maximum Gasteiger partial charge on any atom is 0.335 e. The molecule has 10 nitrogen and oxygen atoms in total. The van der Waals surface area contributed by atoms with Crippen LogP contribution in [0, 0.1) is 25.2 Å². The molecule has 174 valence electrons. The van der Waals surface area contributed by atoms with Gasteiger partial charge in [0.15, 0.2) is 0 Å². The van der Waals surface area contributed by atoms with Crippen molar-refractivity contribution in [1.29, 1.82) is 5.26 Å². The number of hydrazone groups is 1. The number of nitrogens with one attached hydrogen (secondary N) is 1. The van der Waals surface area contributed by atoms with Crippen LogP contribution in [0.5, 0.6) is 0 Å². The third kappa shape index (κ3) is 5.28. The monoisotopic (exact) mass is 462 g/mol. The van der Waals surface area contributed by atoms with E-state index in [1.165, 1.54) is 30.0 Å². The highest BCUT2D eigenvalue weighted by Crippen LogP contribution is 2.26. The Hall–Kier alpha value is -4.49. The zero-order valence-corrected chi connectivity index (χ0v) is 18.8. The largest absolute Gasteiger partial charge is 0.478 e. The fourth-order valence-corrected chi connectivity index (χ4v) is 3.35. The number of aromatic nitrogens is 1. The fraction of sp³-hybridized carbons (Fsp3) is 0.208. The summed E-state index contributed by atoms with van der Waals surface area (Å²) in [5.74, 6) is -0.821. The lowest BCUT2D eigenvalue weighted by molar-refractivity contribution is -0.121. The number of pyridine rings is 1. The van der Waals surface area contributed by atoms with Gasteiger partial charge in [0.05, 0.1) is 18.4 Å². The van der Waals surface area contributed by atoms with Crippen LogP contribution in [0.3, 0.4) is 0 Å². The molecular weight excluding hydrogens is 440 g/mol. The van der Waals surface area contributed by atoms with Gasteiger partial charge in [0.1, 0.15) is 29.7 Å². The third-order valence-electron chi connectivity index (χ3n) is 5.06. The molecule has 3 aromatic rings. The minimum absolute atomic E-state index is 0.0749. The van der Waals surface area contributed by atoms with Gasteiger partial charge in [-0.15, -0.1) is 0 Å². The first kappa shape index (κ1) is 24.2. The molecule has 0 saturated carbocycles. The van der Waals surface area contributed by atoms with Gasteiger partial charge in [-0.25, -0.2) is 10.2 Å². The van der Waals surface area contributed by atoms with Crippen molar-refractivity contribution in [2.45, 2.75) is 27.0 Å². The van der Waals surface area contributed by atoms with Crippen LogP contribution in [0.4, 0.5) is 0 Å². The van der Waals surface area contributed by atoms with Crippen LogP contribution < -0.4 is 11.0 Å². The van der Waals surface area contributed by atoms with Gasteiger partial charge < -0.3 is 18.8 Å². The zero-order chi connectivity index (χ0) is 24.8. The van der Waals surface area contributed by atoms with E-state index in [-0.39, 0.29) is 24.3 Å². The SMILES string of the molecule is COCc1cc(C)n(CC(=O)N/N=C\c2ccc(-c3cc(C(=O)O)ccc3C)o2)c(=O)c1C#N. The number of carboxylic acid groups (broad SMARTS) is 1. The molecular formula is C24H22N4O6. The quantitative estimate of drug-likeness (QED) is 0.386. The maximum atomic E-state index is 12.6. The van der Waals surface area contributed by atoms with Gasteiger partial charge in [-0.3, -0.25) is 9.59 Å². The number of carbonyl (C=O) groups is 2. The van der Waals surface area contributed by atoms with Gasteiger partial charge in [-0.2, -0.15) is 10.4 Å². The van der Waals surface area contributed by atoms with E-state index in [2.05, 4.69) is 10.5 Å². The van der Waals surface area contributed by atoms with Crippen LogP contribution in [0.1, 0.15) is 38.5 Å². The number of aryl methyl sites for hydroxylation is 2. The Morgan fingerprint density at radius 1 is 1.26 bits per heavy atom. The van der Waals surface area contributed by atoms with E-state index in [4.69, 9.17) is 9.15 Å². The third-order valence-corrected chi connectivity index (χ3v) is 5.06. The first-order valence-corrected chi connectivity index (χ1v) is 10.1. The number of rotatable bonds is 8. The molecule has 34 heavy (non-hydrogen) atoms. The van der Waals surface area contributed by atoms with Crippen LogP contribution in [-0.4, -0.2) is 34.9 Å². The van der Waals surface area contributed by atoms with Gasteiger partial charge >= 0.3 is 5.97 Å². The second-order valence-electron chi connectivity index (χ2n) is 7.45. The average Bonchev–Trinajstić information content (AvgIpc) is 3.26. The van der Waals surface area contributed by atoms with E-state index in [1.54, 1.807) is 31.2 Å². The Morgan fingerprint density at radius 3 is 2.71 bits per heavy atom. The summed E-state index contributed by atoms with van der Waals surface area (Å²) in [4.78, 5) is 36.1. The number of methoxy groups -OCH3 is 1. The number of aromatic carboxylic acids is 1. The van der Waals surface area contributed by atoms with Crippen molar-refractivity contribution in [3.05, 3.63) is 80.5 Å². The van der Waals surface area contributed by atoms with E-state index < -0.39 is 17.4 Å². The standard InChI is InChI=1S/C24H22N4O6/c1-14-4-5-16(24(31)32)9-19(14)21-7-6-18(34-21)11-26-27-22(29)12-28-15(2)8-17(13-33-3)20(10-25)23(28)30/h4-9,11H,12-13H2,1-3H3,(H,27,29)(H,31,32)/b26-11-. The zero-order valence-electron chi connectivity index (χ0n) is 18.8. The number of carbonyl (C=O) groups excluding carboxylic acids is 1. The number of carboxylic acids is 1. The van der Waals surface area contributed by atoms with Crippen LogP contribution in [-0.2, 0) is 22.7 Å². The summed E-state index contributed by atoms with van der Waals surface area (Å²) < 4.78 is 11.9. The van der Waals surface area contributed by atoms with Crippen molar-refractivity contribution in [3.63, 3.8) is 0 Å². The maximum absolute atomic E-state index is 12.6. The lowest BCUT2D eigenvalue weighted by Crippen LogP contribution is -2.33. The number of furan rings is 1. The summed E-state index contributed by atoms with van der Waals surface area (Å²) in [6, 6.07) is 11.5. The molecule has 0 atom stereocenters. The lowest BCUT2D eigenvalue weighted by atomic mass is 10.0. The van der Waals surface area contributed by atoms with Gasteiger partial charge in [-0.05, 0) is 49.7 Å². The van der Waals surface area contributed by atoms with Gasteiger partial charge in [0.25, 0.3) is 11.5 Å². The van der Waals surface area contributed by atoms with Crippen molar-refractivity contribution in [3.8, 4) is 17.4 Å². The van der Waals surface area contributed by atoms with Crippen LogP contribution >= 0.6 is 0 Å². The number of hydrogen-bond donors (Lipinski definition) is 2. The number of hydrogen-bond acceptors (Lipinski definition) is 7. The predicted octanol–water partition coefficient (Wildman–Crippen LogP) is 2.59. The molecule has 3 rings (SSSR count). The summed E-state index contributed by atoms with van der Waals surface area (Å²) in [6.07, 6.45) is 1.29. The van der Waals surface area contributed by atoms with E-state index in [0.717, 1.165) is 5.56 Å². The Kier molecular flexibility index (Phi) is 7.40. The van der Waals surface area contributed by atoms with E-state index in [9.17, 15) is 24.8 Å². The second-order valence-corrected chi connectivity index (χ2v) is 7.45. The summed E-state index contributed by atoms with van der Waals surface area (Å²) in [7, 11) is 1.46. The Balaban J connectivity index is 1.71. The smallest absolute Gasteiger partial charge is 0.335 e.